The van der Waals surface area contributed by atoms with Crippen molar-refractivity contribution in [2.75, 3.05) is 6.54 Å². The molecule has 5 nitrogen and oxygen atoms in total. The van der Waals surface area contributed by atoms with Gasteiger partial charge >= 0.3 is 18.4 Å². The second-order valence-electron chi connectivity index (χ2n) is 7.64. The molecular formula is C19H20F6N2O3. The molecule has 0 saturated heterocycles. The highest BCUT2D eigenvalue weighted by molar-refractivity contribution is 5.88. The van der Waals surface area contributed by atoms with E-state index in [0.717, 1.165) is 4.90 Å². The summed E-state index contributed by atoms with van der Waals surface area (Å²) in [6, 6.07) is -0.0141. The maximum absolute atomic E-state index is 12.9. The number of ether oxygens (including phenoxy) is 1. The SMILES string of the molecule is CC(C)(C)OC(=O)N1CC=C[C@H]1C(=O)NCc1cc(C(F)(F)F)cc(C(F)(F)F)c1. The lowest BCUT2D eigenvalue weighted by Gasteiger charge is -2.28. The van der Waals surface area contributed by atoms with Gasteiger partial charge in [-0.25, -0.2) is 4.79 Å². The summed E-state index contributed by atoms with van der Waals surface area (Å²) in [5.74, 6) is -0.763. The molecule has 11 heteroatoms. The molecule has 0 aromatic heterocycles. The Labute approximate surface area is 168 Å². The predicted molar refractivity (Wildman–Crippen MR) is 94.2 cm³/mol. The summed E-state index contributed by atoms with van der Waals surface area (Å²) >= 11 is 0. The third kappa shape index (κ3) is 6.14. The van der Waals surface area contributed by atoms with Gasteiger partial charge in [-0.2, -0.15) is 26.3 Å². The summed E-state index contributed by atoms with van der Waals surface area (Å²) in [5, 5.41) is 2.27. The summed E-state index contributed by atoms with van der Waals surface area (Å²) in [4.78, 5) is 25.7. The molecule has 1 heterocycles. The van der Waals surface area contributed by atoms with E-state index in [1.165, 1.54) is 12.2 Å². The van der Waals surface area contributed by atoms with Gasteiger partial charge in [0.25, 0.3) is 0 Å². The fourth-order valence-corrected chi connectivity index (χ4v) is 2.67. The monoisotopic (exact) mass is 438 g/mol. The van der Waals surface area contributed by atoms with Crippen molar-refractivity contribution in [1.29, 1.82) is 0 Å². The molecule has 2 amide bonds. The Morgan fingerprint density at radius 1 is 1.03 bits per heavy atom. The van der Waals surface area contributed by atoms with Crippen molar-refractivity contribution in [2.24, 2.45) is 0 Å². The van der Waals surface area contributed by atoms with E-state index < -0.39 is 53.7 Å². The van der Waals surface area contributed by atoms with Gasteiger partial charge in [-0.15, -0.1) is 0 Å². The molecule has 2 rings (SSSR count). The van der Waals surface area contributed by atoms with Crippen molar-refractivity contribution in [1.82, 2.24) is 10.2 Å². The first kappa shape index (κ1) is 23.6. The molecule has 1 N–H and O–H groups in total. The zero-order valence-electron chi connectivity index (χ0n) is 16.3. The van der Waals surface area contributed by atoms with Crippen LogP contribution < -0.4 is 5.32 Å². The van der Waals surface area contributed by atoms with Crippen molar-refractivity contribution >= 4 is 12.0 Å². The van der Waals surface area contributed by atoms with Crippen LogP contribution in [0.5, 0.6) is 0 Å². The third-order valence-corrected chi connectivity index (χ3v) is 3.97. The summed E-state index contributed by atoms with van der Waals surface area (Å²) in [6.45, 7) is 4.40. The highest BCUT2D eigenvalue weighted by Crippen LogP contribution is 2.36. The topological polar surface area (TPSA) is 58.6 Å². The molecule has 1 aromatic rings. The third-order valence-electron chi connectivity index (χ3n) is 3.97. The van der Waals surface area contributed by atoms with Crippen LogP contribution in [0.25, 0.3) is 0 Å². The Bertz CT molecular complexity index is 808. The van der Waals surface area contributed by atoms with Gasteiger partial charge in [-0.3, -0.25) is 9.69 Å². The second-order valence-corrected chi connectivity index (χ2v) is 7.64. The molecule has 0 spiro atoms. The van der Waals surface area contributed by atoms with Crippen LogP contribution in [0, 0.1) is 0 Å². The van der Waals surface area contributed by atoms with E-state index in [1.54, 1.807) is 20.8 Å². The van der Waals surface area contributed by atoms with E-state index >= 15 is 0 Å². The predicted octanol–water partition coefficient (Wildman–Crippen LogP) is 4.52. The van der Waals surface area contributed by atoms with Crippen LogP contribution >= 0.6 is 0 Å². The van der Waals surface area contributed by atoms with Crippen LogP contribution in [0.3, 0.4) is 0 Å². The molecule has 1 aliphatic rings. The highest BCUT2D eigenvalue weighted by Gasteiger charge is 2.37. The van der Waals surface area contributed by atoms with Crippen molar-refractivity contribution in [3.05, 3.63) is 47.0 Å². The van der Waals surface area contributed by atoms with E-state index in [9.17, 15) is 35.9 Å². The minimum absolute atomic E-state index is 0.00919. The lowest BCUT2D eigenvalue weighted by Crippen LogP contribution is -2.47. The normalized spacial score (nSPS) is 17.2. The molecular weight excluding hydrogens is 418 g/mol. The Kier molecular flexibility index (Phi) is 6.43. The standard InChI is InChI=1S/C19H20F6N2O3/c1-17(2,3)30-16(29)27-6-4-5-14(27)15(28)26-10-11-7-12(18(20,21)22)9-13(8-11)19(23,24)25/h4-5,7-9,14H,6,10H2,1-3H3,(H,26,28)/t14-/m0/s1. The molecule has 1 aliphatic heterocycles. The molecule has 1 atom stereocenters. The summed E-state index contributed by atoms with van der Waals surface area (Å²) in [6.07, 6.45) is -7.82. The smallest absolute Gasteiger partial charge is 0.416 e. The van der Waals surface area contributed by atoms with Crippen molar-refractivity contribution < 1.29 is 40.7 Å². The molecule has 30 heavy (non-hydrogen) atoms. The molecule has 0 saturated carbocycles. The van der Waals surface area contributed by atoms with Crippen molar-refractivity contribution in [2.45, 2.75) is 51.3 Å². The first-order valence-electron chi connectivity index (χ1n) is 8.80. The Morgan fingerprint density at radius 2 is 1.57 bits per heavy atom. The van der Waals surface area contributed by atoms with Crippen LogP contribution in [0.2, 0.25) is 0 Å². The van der Waals surface area contributed by atoms with Gasteiger partial charge in [0.2, 0.25) is 5.91 Å². The van der Waals surface area contributed by atoms with E-state index in [2.05, 4.69) is 5.32 Å². The van der Waals surface area contributed by atoms with Crippen LogP contribution in [0.15, 0.2) is 30.4 Å². The van der Waals surface area contributed by atoms with E-state index in [0.29, 0.717) is 12.1 Å². The Hall–Kier alpha value is -2.72. The van der Waals surface area contributed by atoms with Crippen molar-refractivity contribution in [3.63, 3.8) is 0 Å². The number of benzene rings is 1. The van der Waals surface area contributed by atoms with Gasteiger partial charge < -0.3 is 10.1 Å². The first-order chi connectivity index (χ1) is 13.6. The van der Waals surface area contributed by atoms with Crippen LogP contribution in [-0.4, -0.2) is 35.1 Å². The fourth-order valence-electron chi connectivity index (χ4n) is 2.67. The summed E-state index contributed by atoms with van der Waals surface area (Å²) < 4.78 is 82.8. The first-order valence-corrected chi connectivity index (χ1v) is 8.80. The zero-order valence-corrected chi connectivity index (χ0v) is 16.3. The molecule has 1 aromatic carbocycles. The van der Waals surface area contributed by atoms with Crippen molar-refractivity contribution in [3.8, 4) is 0 Å². The Morgan fingerprint density at radius 3 is 2.03 bits per heavy atom. The van der Waals surface area contributed by atoms with Gasteiger partial charge in [0.15, 0.2) is 0 Å². The van der Waals surface area contributed by atoms with Gasteiger partial charge in [-0.05, 0) is 44.5 Å². The maximum atomic E-state index is 12.9. The lowest BCUT2D eigenvalue weighted by atomic mass is 10.0. The fraction of sp³-hybridized carbons (Fsp3) is 0.474. The molecule has 0 aliphatic carbocycles. The number of carbonyl (C=O) groups is 2. The quantitative estimate of drug-likeness (QED) is 0.558. The van der Waals surface area contributed by atoms with Crippen LogP contribution in [0.1, 0.15) is 37.5 Å². The number of hydrogen-bond acceptors (Lipinski definition) is 3. The number of alkyl halides is 6. The largest absolute Gasteiger partial charge is 0.444 e. The molecule has 0 bridgehead atoms. The number of hydrogen-bond donors (Lipinski definition) is 1. The van der Waals surface area contributed by atoms with E-state index in [4.69, 9.17) is 4.74 Å². The summed E-state index contributed by atoms with van der Waals surface area (Å²) in [5.41, 5.74) is -4.14. The van der Waals surface area contributed by atoms with Crippen LogP contribution in [0.4, 0.5) is 31.1 Å². The minimum Gasteiger partial charge on any atom is -0.444 e. The average molecular weight is 438 g/mol. The number of rotatable bonds is 3. The highest BCUT2D eigenvalue weighted by atomic mass is 19.4. The maximum Gasteiger partial charge on any atom is 0.416 e. The number of nitrogens with zero attached hydrogens (tertiary/aromatic N) is 1. The molecule has 0 radical (unpaired) electrons. The number of carbonyl (C=O) groups excluding carboxylic acids is 2. The molecule has 0 unspecified atom stereocenters. The summed E-state index contributed by atoms with van der Waals surface area (Å²) in [7, 11) is 0. The second kappa shape index (κ2) is 8.19. The molecule has 166 valence electrons. The van der Waals surface area contributed by atoms with Crippen LogP contribution in [-0.2, 0) is 28.4 Å². The van der Waals surface area contributed by atoms with E-state index in [-0.39, 0.29) is 18.2 Å². The van der Waals surface area contributed by atoms with Gasteiger partial charge in [-0.1, -0.05) is 12.2 Å². The molecule has 0 fully saturated rings. The lowest BCUT2D eigenvalue weighted by molar-refractivity contribution is -0.143. The average Bonchev–Trinajstić information content (AvgIpc) is 3.06. The zero-order chi connectivity index (χ0) is 22.9. The van der Waals surface area contributed by atoms with Gasteiger partial charge in [0.05, 0.1) is 11.1 Å². The number of amides is 2. The minimum atomic E-state index is -4.98. The Balaban J connectivity index is 2.15. The van der Waals surface area contributed by atoms with E-state index in [1.807, 2.05) is 0 Å². The number of halogens is 6. The van der Waals surface area contributed by atoms with Gasteiger partial charge in [0.1, 0.15) is 11.6 Å². The van der Waals surface area contributed by atoms with Gasteiger partial charge in [0, 0.05) is 13.1 Å². The number of nitrogens with one attached hydrogen (secondary N) is 1.